The summed E-state index contributed by atoms with van der Waals surface area (Å²) in [5.74, 6) is -0.946. The lowest BCUT2D eigenvalue weighted by Crippen LogP contribution is -2.35. The molecule has 3 aromatic rings. The SMILES string of the molecule is CC.CC.CCN1NNc2c1ccc(C(CC(=O)O)c1ccc3c(c1)CN(C)CC3)c2C.O=Cc1ccc(Cl)c(Cl)c1. The number of likely N-dealkylation sites (N-methyl/N-ethyl adjacent to an activating group) is 1. The number of aliphatic carboxylic acids is 1. The van der Waals surface area contributed by atoms with Crippen molar-refractivity contribution in [3.63, 3.8) is 0 Å². The molecular weight excluding hydrogens is 571 g/mol. The quantitative estimate of drug-likeness (QED) is 0.242. The van der Waals surface area contributed by atoms with Gasteiger partial charge in [0.25, 0.3) is 0 Å². The summed E-state index contributed by atoms with van der Waals surface area (Å²) in [6, 6.07) is 15.4. The number of halogens is 2. The number of rotatable bonds is 6. The maximum atomic E-state index is 11.7. The average molecular weight is 616 g/mol. The Morgan fingerprint density at radius 1 is 1.02 bits per heavy atom. The minimum atomic E-state index is -0.777. The molecule has 0 saturated heterocycles. The third-order valence-corrected chi connectivity index (χ3v) is 7.82. The van der Waals surface area contributed by atoms with Gasteiger partial charge >= 0.3 is 5.97 Å². The maximum absolute atomic E-state index is 11.7. The van der Waals surface area contributed by atoms with E-state index in [1.165, 1.54) is 17.2 Å². The van der Waals surface area contributed by atoms with E-state index in [9.17, 15) is 14.7 Å². The molecule has 9 heteroatoms. The van der Waals surface area contributed by atoms with Crippen LogP contribution >= 0.6 is 23.2 Å². The summed E-state index contributed by atoms with van der Waals surface area (Å²) in [5, 5.41) is 12.5. The number of fused-ring (bicyclic) bond motifs is 2. The molecule has 1 unspecified atom stereocenters. The zero-order valence-corrected chi connectivity index (χ0v) is 27.2. The molecular formula is C33H44Cl2N4O3. The largest absolute Gasteiger partial charge is 0.481 e. The molecule has 1 atom stereocenters. The second-order valence-electron chi connectivity index (χ2n) is 9.61. The highest BCUT2D eigenvalue weighted by Crippen LogP contribution is 2.40. The van der Waals surface area contributed by atoms with Gasteiger partial charge in [-0.15, -0.1) is 5.53 Å². The van der Waals surface area contributed by atoms with Crippen LogP contribution in [0, 0.1) is 6.92 Å². The van der Waals surface area contributed by atoms with Gasteiger partial charge in [-0.2, -0.15) is 0 Å². The van der Waals surface area contributed by atoms with Crippen LogP contribution in [0.1, 0.15) is 85.1 Å². The second-order valence-corrected chi connectivity index (χ2v) is 10.4. The van der Waals surface area contributed by atoms with E-state index in [4.69, 9.17) is 23.2 Å². The Morgan fingerprint density at radius 2 is 1.74 bits per heavy atom. The lowest BCUT2D eigenvalue weighted by Gasteiger charge is -2.27. The van der Waals surface area contributed by atoms with Crippen LogP contribution in [0.2, 0.25) is 10.0 Å². The zero-order valence-electron chi connectivity index (χ0n) is 25.7. The number of aldehydes is 1. The number of carbonyl (C=O) groups excluding carboxylic acids is 1. The van der Waals surface area contributed by atoms with Crippen LogP contribution in [0.3, 0.4) is 0 Å². The van der Waals surface area contributed by atoms with Gasteiger partial charge in [0.2, 0.25) is 0 Å². The van der Waals surface area contributed by atoms with Crippen LogP contribution in [0.4, 0.5) is 11.4 Å². The van der Waals surface area contributed by atoms with Crippen molar-refractivity contribution in [3.8, 4) is 0 Å². The number of hydrogen-bond acceptors (Lipinski definition) is 6. The Kier molecular flexibility index (Phi) is 14.3. The molecule has 0 aromatic heterocycles. The molecule has 5 rings (SSSR count). The predicted octanol–water partition coefficient (Wildman–Crippen LogP) is 8.12. The fraction of sp³-hybridized carbons (Fsp3) is 0.394. The lowest BCUT2D eigenvalue weighted by atomic mass is 9.83. The van der Waals surface area contributed by atoms with Crippen molar-refractivity contribution >= 4 is 46.8 Å². The van der Waals surface area contributed by atoms with Gasteiger partial charge in [0, 0.05) is 31.1 Å². The van der Waals surface area contributed by atoms with Crippen molar-refractivity contribution in [1.82, 2.24) is 10.4 Å². The van der Waals surface area contributed by atoms with Crippen molar-refractivity contribution in [2.45, 2.75) is 66.8 Å². The Morgan fingerprint density at radius 3 is 2.36 bits per heavy atom. The van der Waals surface area contributed by atoms with E-state index in [2.05, 4.69) is 67.1 Å². The molecule has 0 amide bonds. The number of anilines is 2. The summed E-state index contributed by atoms with van der Waals surface area (Å²) >= 11 is 11.2. The third-order valence-electron chi connectivity index (χ3n) is 7.08. The topological polar surface area (TPSA) is 84.9 Å². The van der Waals surface area contributed by atoms with Crippen LogP contribution in [0.5, 0.6) is 0 Å². The number of hydrazine groups is 2. The van der Waals surface area contributed by atoms with Gasteiger partial charge in [-0.1, -0.05) is 81.2 Å². The van der Waals surface area contributed by atoms with Crippen molar-refractivity contribution in [2.75, 3.05) is 30.6 Å². The number of carbonyl (C=O) groups is 2. The molecule has 3 N–H and O–H groups in total. The fourth-order valence-electron chi connectivity index (χ4n) is 5.01. The molecule has 0 spiro atoms. The van der Waals surface area contributed by atoms with E-state index in [0.29, 0.717) is 15.6 Å². The summed E-state index contributed by atoms with van der Waals surface area (Å²) in [6.45, 7) is 15.0. The van der Waals surface area contributed by atoms with Gasteiger partial charge in [-0.25, -0.2) is 0 Å². The molecule has 0 saturated carbocycles. The highest BCUT2D eigenvalue weighted by molar-refractivity contribution is 6.42. The molecule has 2 aliphatic rings. The van der Waals surface area contributed by atoms with E-state index in [1.54, 1.807) is 12.1 Å². The molecule has 42 heavy (non-hydrogen) atoms. The van der Waals surface area contributed by atoms with Gasteiger partial charge in [0.05, 0.1) is 27.8 Å². The van der Waals surface area contributed by atoms with Crippen molar-refractivity contribution in [3.05, 3.63) is 92.0 Å². The number of carboxylic acid groups (broad SMARTS) is 1. The van der Waals surface area contributed by atoms with Gasteiger partial charge in [-0.05, 0) is 73.3 Å². The van der Waals surface area contributed by atoms with Crippen LogP contribution in [-0.2, 0) is 17.8 Å². The molecule has 3 aromatic carbocycles. The second kappa shape index (κ2) is 17.1. The lowest BCUT2D eigenvalue weighted by molar-refractivity contribution is -0.137. The standard InChI is InChI=1S/C22H28N4O2.C7H4Cl2O.2C2H6/c1-4-26-20-8-7-18(14(2)22(20)23-24-26)19(12-21(27)28)16-6-5-15-9-10-25(3)13-17(15)11-16;8-6-2-1-5(4-10)3-7(6)9;2*1-2/h5-8,11,19,23-24H,4,9-10,12-13H2,1-3H3,(H,27,28);1-4H;2*1-2H3. The molecule has 228 valence electrons. The zero-order chi connectivity index (χ0) is 31.4. The average Bonchev–Trinajstić information content (AvgIpc) is 3.44. The van der Waals surface area contributed by atoms with Crippen LogP contribution in [0.15, 0.2) is 48.5 Å². The van der Waals surface area contributed by atoms with Crippen LogP contribution < -0.4 is 16.0 Å². The Balaban J connectivity index is 0.000000369. The normalized spacial score (nSPS) is 13.9. The predicted molar refractivity (Wildman–Crippen MR) is 176 cm³/mol. The van der Waals surface area contributed by atoms with Gasteiger partial charge in [0.15, 0.2) is 0 Å². The Hall–Kier alpha value is -3.10. The monoisotopic (exact) mass is 614 g/mol. The first kappa shape index (κ1) is 35.1. The number of carboxylic acids is 1. The first-order valence-corrected chi connectivity index (χ1v) is 15.3. The van der Waals surface area contributed by atoms with Crippen molar-refractivity contribution in [1.29, 1.82) is 0 Å². The van der Waals surface area contributed by atoms with Crippen molar-refractivity contribution in [2.24, 2.45) is 0 Å². The Labute approximate surface area is 260 Å². The molecule has 0 fully saturated rings. The van der Waals surface area contributed by atoms with E-state index >= 15 is 0 Å². The molecule has 7 nitrogen and oxygen atoms in total. The number of nitrogens with zero attached hydrogens (tertiary/aromatic N) is 2. The summed E-state index contributed by atoms with van der Waals surface area (Å²) in [5.41, 5.74) is 15.0. The summed E-state index contributed by atoms with van der Waals surface area (Å²) in [7, 11) is 2.13. The maximum Gasteiger partial charge on any atom is 0.304 e. The molecule has 0 radical (unpaired) electrons. The third kappa shape index (κ3) is 8.71. The Bertz CT molecular complexity index is 1350. The highest BCUT2D eigenvalue weighted by Gasteiger charge is 2.26. The molecule has 0 aliphatic carbocycles. The summed E-state index contributed by atoms with van der Waals surface area (Å²) in [4.78, 5) is 24.2. The number of hydrogen-bond donors (Lipinski definition) is 3. The van der Waals surface area contributed by atoms with E-state index in [0.717, 1.165) is 60.4 Å². The van der Waals surface area contributed by atoms with Crippen LogP contribution in [-0.4, -0.2) is 42.4 Å². The molecule has 2 heterocycles. The van der Waals surface area contributed by atoms with Gasteiger partial charge in [0.1, 0.15) is 6.29 Å². The highest BCUT2D eigenvalue weighted by atomic mass is 35.5. The van der Waals surface area contributed by atoms with E-state index in [-0.39, 0.29) is 12.3 Å². The number of benzene rings is 3. The minimum Gasteiger partial charge on any atom is -0.481 e. The summed E-state index contributed by atoms with van der Waals surface area (Å²) < 4.78 is 0. The number of nitrogens with one attached hydrogen (secondary N) is 2. The smallest absolute Gasteiger partial charge is 0.304 e. The van der Waals surface area contributed by atoms with Gasteiger partial charge < -0.3 is 15.4 Å². The van der Waals surface area contributed by atoms with E-state index in [1.807, 2.05) is 32.7 Å². The first-order chi connectivity index (χ1) is 20.2. The van der Waals surface area contributed by atoms with E-state index < -0.39 is 5.97 Å². The molecule has 2 aliphatic heterocycles. The summed E-state index contributed by atoms with van der Waals surface area (Å²) in [6.07, 6.45) is 1.86. The minimum absolute atomic E-state index is 0.0825. The first-order valence-electron chi connectivity index (χ1n) is 14.6. The van der Waals surface area contributed by atoms with Crippen LogP contribution in [0.25, 0.3) is 0 Å². The fourth-order valence-corrected chi connectivity index (χ4v) is 5.32. The molecule has 0 bridgehead atoms. The van der Waals surface area contributed by atoms with Crippen molar-refractivity contribution < 1.29 is 14.7 Å². The van der Waals surface area contributed by atoms with Gasteiger partial charge in [-0.3, -0.25) is 14.6 Å².